The largest absolute Gasteiger partial charge is 0.381 e. The maximum atomic E-state index is 12.6. The number of aryl methyl sites for hydroxylation is 1. The van der Waals surface area contributed by atoms with E-state index in [4.69, 9.17) is 4.74 Å². The van der Waals surface area contributed by atoms with Gasteiger partial charge in [0.15, 0.2) is 0 Å². The summed E-state index contributed by atoms with van der Waals surface area (Å²) >= 11 is 0. The van der Waals surface area contributed by atoms with Crippen molar-refractivity contribution in [1.29, 1.82) is 0 Å². The molecule has 0 bridgehead atoms. The third-order valence-corrected chi connectivity index (χ3v) is 5.86. The summed E-state index contributed by atoms with van der Waals surface area (Å²) in [6.07, 6.45) is 8.42. The lowest BCUT2D eigenvalue weighted by molar-refractivity contribution is 0.0404. The fourth-order valence-electron chi connectivity index (χ4n) is 4.27. The van der Waals surface area contributed by atoms with Gasteiger partial charge in [0.2, 0.25) is 0 Å². The van der Waals surface area contributed by atoms with Crippen LogP contribution in [0, 0.1) is 11.8 Å². The van der Waals surface area contributed by atoms with Crippen LogP contribution < -0.4 is 5.32 Å². The monoisotopic (exact) mass is 332 g/mol. The summed E-state index contributed by atoms with van der Waals surface area (Å²) in [7, 11) is 0. The number of ether oxygens (including phenoxy) is 1. The SMILES string of the molecule is CCn1cc(C(=O)N[C@H]2CN(C3CCOCC3)C[C@@H]2C2CC2)cn1. The molecule has 1 aliphatic carbocycles. The van der Waals surface area contributed by atoms with E-state index in [1.165, 1.54) is 12.8 Å². The molecule has 1 saturated carbocycles. The lowest BCUT2D eigenvalue weighted by Gasteiger charge is -2.31. The highest BCUT2D eigenvalue weighted by Gasteiger charge is 2.44. The standard InChI is InChI=1S/C18H28N4O2/c1-2-22-10-14(9-19-22)18(23)20-17-12-21(11-16(17)13-3-4-13)15-5-7-24-8-6-15/h9-10,13,15-17H,2-8,11-12H2,1H3,(H,20,23)/t16-,17+/m1/s1. The maximum Gasteiger partial charge on any atom is 0.254 e. The highest BCUT2D eigenvalue weighted by Crippen LogP contribution is 2.42. The lowest BCUT2D eigenvalue weighted by Crippen LogP contribution is -2.42. The minimum atomic E-state index is 0.0270. The van der Waals surface area contributed by atoms with E-state index in [0.29, 0.717) is 17.5 Å². The first-order chi connectivity index (χ1) is 11.7. The number of carbonyl (C=O) groups is 1. The van der Waals surface area contributed by atoms with Crippen LogP contribution in [0.5, 0.6) is 0 Å². The number of aromatic nitrogens is 2. The van der Waals surface area contributed by atoms with E-state index < -0.39 is 0 Å². The van der Waals surface area contributed by atoms with Gasteiger partial charge in [0.1, 0.15) is 0 Å². The molecular weight excluding hydrogens is 304 g/mol. The highest BCUT2D eigenvalue weighted by atomic mass is 16.5. The Hall–Kier alpha value is -1.40. The molecule has 3 heterocycles. The Balaban J connectivity index is 1.41. The number of nitrogens with zero attached hydrogens (tertiary/aromatic N) is 3. The van der Waals surface area contributed by atoms with Crippen molar-refractivity contribution in [2.24, 2.45) is 11.8 Å². The molecule has 2 atom stereocenters. The average Bonchev–Trinajstić information content (AvgIpc) is 3.19. The summed E-state index contributed by atoms with van der Waals surface area (Å²) in [6.45, 7) is 6.69. The van der Waals surface area contributed by atoms with Crippen LogP contribution in [-0.4, -0.2) is 59.0 Å². The fraction of sp³-hybridized carbons (Fsp3) is 0.778. The molecule has 6 heteroatoms. The third kappa shape index (κ3) is 3.35. The van der Waals surface area contributed by atoms with E-state index in [9.17, 15) is 4.79 Å². The van der Waals surface area contributed by atoms with Crippen molar-refractivity contribution >= 4 is 5.91 Å². The molecule has 2 aliphatic heterocycles. The van der Waals surface area contributed by atoms with Gasteiger partial charge < -0.3 is 10.1 Å². The van der Waals surface area contributed by atoms with Crippen LogP contribution in [0.15, 0.2) is 12.4 Å². The van der Waals surface area contributed by atoms with Crippen molar-refractivity contribution in [2.75, 3.05) is 26.3 Å². The zero-order valence-corrected chi connectivity index (χ0v) is 14.5. The van der Waals surface area contributed by atoms with Gasteiger partial charge >= 0.3 is 0 Å². The summed E-state index contributed by atoms with van der Waals surface area (Å²) in [5.41, 5.74) is 0.677. The van der Waals surface area contributed by atoms with Crippen molar-refractivity contribution in [3.8, 4) is 0 Å². The van der Waals surface area contributed by atoms with Crippen molar-refractivity contribution in [2.45, 2.75) is 51.2 Å². The topological polar surface area (TPSA) is 59.4 Å². The summed E-state index contributed by atoms with van der Waals surface area (Å²) in [5, 5.41) is 7.52. The van der Waals surface area contributed by atoms with E-state index >= 15 is 0 Å². The van der Waals surface area contributed by atoms with Gasteiger partial charge in [-0.25, -0.2) is 0 Å². The Labute approximate surface area is 143 Å². The third-order valence-electron chi connectivity index (χ3n) is 5.86. The molecule has 6 nitrogen and oxygen atoms in total. The molecule has 3 fully saturated rings. The van der Waals surface area contributed by atoms with Crippen molar-refractivity contribution in [3.63, 3.8) is 0 Å². The summed E-state index contributed by atoms with van der Waals surface area (Å²) in [4.78, 5) is 15.2. The second kappa shape index (κ2) is 6.84. The van der Waals surface area contributed by atoms with Gasteiger partial charge in [-0.3, -0.25) is 14.4 Å². The molecule has 0 unspecified atom stereocenters. The Bertz CT molecular complexity index is 577. The van der Waals surface area contributed by atoms with Crippen molar-refractivity contribution in [3.05, 3.63) is 18.0 Å². The molecule has 3 aliphatic rings. The van der Waals surface area contributed by atoms with Gasteiger partial charge in [-0.1, -0.05) is 0 Å². The fourth-order valence-corrected chi connectivity index (χ4v) is 4.27. The smallest absolute Gasteiger partial charge is 0.254 e. The summed E-state index contributed by atoms with van der Waals surface area (Å²) in [6, 6.07) is 0.905. The predicted molar refractivity (Wildman–Crippen MR) is 90.8 cm³/mol. The minimum Gasteiger partial charge on any atom is -0.381 e. The van der Waals surface area contributed by atoms with Gasteiger partial charge in [0.05, 0.1) is 11.8 Å². The number of rotatable bonds is 5. The molecule has 4 rings (SSSR count). The van der Waals surface area contributed by atoms with E-state index in [-0.39, 0.29) is 11.9 Å². The van der Waals surface area contributed by atoms with Gasteiger partial charge in [-0.2, -0.15) is 5.10 Å². The first-order valence-corrected chi connectivity index (χ1v) is 9.39. The van der Waals surface area contributed by atoms with Gasteiger partial charge in [-0.05, 0) is 44.4 Å². The van der Waals surface area contributed by atoms with Gasteiger partial charge in [0.25, 0.3) is 5.91 Å². The van der Waals surface area contributed by atoms with E-state index in [1.807, 2.05) is 13.1 Å². The van der Waals surface area contributed by atoms with Gasteiger partial charge in [-0.15, -0.1) is 0 Å². The maximum absolute atomic E-state index is 12.6. The molecule has 0 radical (unpaired) electrons. The second-order valence-electron chi connectivity index (χ2n) is 7.46. The first kappa shape index (κ1) is 16.1. The van der Waals surface area contributed by atoms with Crippen molar-refractivity contribution in [1.82, 2.24) is 20.0 Å². The predicted octanol–water partition coefficient (Wildman–Crippen LogP) is 1.52. The van der Waals surface area contributed by atoms with E-state index in [0.717, 1.165) is 51.6 Å². The zero-order valence-electron chi connectivity index (χ0n) is 14.5. The highest BCUT2D eigenvalue weighted by molar-refractivity contribution is 5.93. The number of amides is 1. The number of hydrogen-bond donors (Lipinski definition) is 1. The lowest BCUT2D eigenvalue weighted by atomic mass is 9.98. The van der Waals surface area contributed by atoms with Crippen molar-refractivity contribution < 1.29 is 9.53 Å². The molecule has 24 heavy (non-hydrogen) atoms. The molecule has 0 aromatic carbocycles. The molecule has 1 aromatic rings. The van der Waals surface area contributed by atoms with Crippen LogP contribution in [0.4, 0.5) is 0 Å². The number of likely N-dealkylation sites (tertiary alicyclic amines) is 1. The van der Waals surface area contributed by atoms with Crippen LogP contribution >= 0.6 is 0 Å². The number of nitrogens with one attached hydrogen (secondary N) is 1. The molecule has 0 spiro atoms. The molecule has 1 amide bonds. The number of hydrogen-bond acceptors (Lipinski definition) is 4. The van der Waals surface area contributed by atoms with Gasteiger partial charge in [0, 0.05) is 51.1 Å². The first-order valence-electron chi connectivity index (χ1n) is 9.39. The number of carbonyl (C=O) groups excluding carboxylic acids is 1. The Morgan fingerprint density at radius 2 is 2.08 bits per heavy atom. The quantitative estimate of drug-likeness (QED) is 0.888. The van der Waals surface area contributed by atoms with Crippen LogP contribution in [0.25, 0.3) is 0 Å². The Morgan fingerprint density at radius 3 is 2.75 bits per heavy atom. The molecule has 1 N–H and O–H groups in total. The Kier molecular flexibility index (Phi) is 4.59. The van der Waals surface area contributed by atoms with E-state index in [1.54, 1.807) is 10.9 Å². The molecular formula is C18H28N4O2. The normalized spacial score (nSPS) is 29.0. The van der Waals surface area contributed by atoms with Crippen LogP contribution in [0.3, 0.4) is 0 Å². The molecule has 2 saturated heterocycles. The van der Waals surface area contributed by atoms with E-state index in [2.05, 4.69) is 15.3 Å². The second-order valence-corrected chi connectivity index (χ2v) is 7.46. The molecule has 1 aromatic heterocycles. The van der Waals surface area contributed by atoms with Crippen LogP contribution in [0.1, 0.15) is 43.0 Å². The van der Waals surface area contributed by atoms with Crippen LogP contribution in [-0.2, 0) is 11.3 Å². The van der Waals surface area contributed by atoms with Crippen LogP contribution in [0.2, 0.25) is 0 Å². The zero-order chi connectivity index (χ0) is 16.5. The Morgan fingerprint density at radius 1 is 1.29 bits per heavy atom. The molecule has 132 valence electrons. The summed E-state index contributed by atoms with van der Waals surface area (Å²) in [5.74, 6) is 1.44. The summed E-state index contributed by atoms with van der Waals surface area (Å²) < 4.78 is 7.30. The average molecular weight is 332 g/mol. The minimum absolute atomic E-state index is 0.0270.